The van der Waals surface area contributed by atoms with Crippen molar-refractivity contribution in [3.63, 3.8) is 0 Å². The second-order valence-corrected chi connectivity index (χ2v) is 4.33. The van der Waals surface area contributed by atoms with Crippen LogP contribution in [0.5, 0.6) is 0 Å². The van der Waals surface area contributed by atoms with Crippen molar-refractivity contribution < 1.29 is 4.74 Å². The maximum Gasteiger partial charge on any atom is 0.101 e. The number of ether oxygens (including phenoxy) is 1. The molecule has 1 aromatic carbocycles. The summed E-state index contributed by atoms with van der Waals surface area (Å²) in [5.74, 6) is 0. The van der Waals surface area contributed by atoms with Gasteiger partial charge in [0.25, 0.3) is 0 Å². The van der Waals surface area contributed by atoms with Crippen LogP contribution in [0.15, 0.2) is 18.2 Å². The highest BCUT2D eigenvalue weighted by Gasteiger charge is 2.27. The number of nitrogens with one attached hydrogen (secondary N) is 1. The molecule has 0 heterocycles. The first-order chi connectivity index (χ1) is 8.26. The average molecular weight is 231 g/mol. The summed E-state index contributed by atoms with van der Waals surface area (Å²) in [5.41, 5.74) is 7.80. The smallest absolute Gasteiger partial charge is 0.101 e. The molecule has 0 saturated heterocycles. The van der Waals surface area contributed by atoms with Crippen LogP contribution in [-0.2, 0) is 4.74 Å². The Morgan fingerprint density at radius 1 is 1.47 bits per heavy atom. The lowest BCUT2D eigenvalue weighted by Crippen LogP contribution is -2.30. The Hall–Kier alpha value is -1.73. The molecule has 1 fully saturated rings. The van der Waals surface area contributed by atoms with Gasteiger partial charge in [0.2, 0.25) is 0 Å². The third-order valence-electron chi connectivity index (χ3n) is 3.32. The number of rotatable bonds is 3. The molecule has 0 amide bonds. The van der Waals surface area contributed by atoms with E-state index in [0.29, 0.717) is 11.3 Å². The Bertz CT molecular complexity index is 439. The van der Waals surface area contributed by atoms with Gasteiger partial charge in [-0.2, -0.15) is 5.26 Å². The molecular weight excluding hydrogens is 214 g/mol. The lowest BCUT2D eigenvalue weighted by Gasteiger charge is -2.21. The third-order valence-corrected chi connectivity index (χ3v) is 3.32. The Labute approximate surface area is 101 Å². The highest BCUT2D eigenvalue weighted by Crippen LogP contribution is 2.28. The number of hydrogen-bond donors (Lipinski definition) is 2. The summed E-state index contributed by atoms with van der Waals surface area (Å²) < 4.78 is 5.42. The predicted octanol–water partition coefficient (Wildman–Crippen LogP) is 2.12. The Morgan fingerprint density at radius 3 is 3.00 bits per heavy atom. The van der Waals surface area contributed by atoms with E-state index < -0.39 is 0 Å². The maximum absolute atomic E-state index is 8.92. The van der Waals surface area contributed by atoms with Crippen LogP contribution >= 0.6 is 0 Å². The van der Waals surface area contributed by atoms with Gasteiger partial charge in [0.05, 0.1) is 29.1 Å². The first kappa shape index (κ1) is 11.7. The number of methoxy groups -OCH3 is 1. The zero-order valence-corrected chi connectivity index (χ0v) is 9.94. The third kappa shape index (κ3) is 2.34. The topological polar surface area (TPSA) is 71.1 Å². The minimum Gasteiger partial charge on any atom is -0.396 e. The predicted molar refractivity (Wildman–Crippen MR) is 67.6 cm³/mol. The minimum absolute atomic E-state index is 0.236. The largest absolute Gasteiger partial charge is 0.396 e. The molecule has 4 heteroatoms. The summed E-state index contributed by atoms with van der Waals surface area (Å²) >= 11 is 0. The van der Waals surface area contributed by atoms with Crippen molar-refractivity contribution in [2.45, 2.75) is 31.4 Å². The molecule has 3 N–H and O–H groups in total. The zero-order valence-electron chi connectivity index (χ0n) is 9.94. The maximum atomic E-state index is 8.92. The SMILES string of the molecule is COC1CCCC1Nc1cccc(C#N)c1N. The molecule has 17 heavy (non-hydrogen) atoms. The van der Waals surface area contributed by atoms with Gasteiger partial charge in [-0.1, -0.05) is 6.07 Å². The fourth-order valence-electron chi connectivity index (χ4n) is 2.36. The Morgan fingerprint density at radius 2 is 2.29 bits per heavy atom. The summed E-state index contributed by atoms with van der Waals surface area (Å²) in [6.07, 6.45) is 3.55. The molecule has 90 valence electrons. The molecule has 0 aromatic heterocycles. The van der Waals surface area contributed by atoms with Gasteiger partial charge in [0.1, 0.15) is 6.07 Å². The molecular formula is C13H17N3O. The standard InChI is InChI=1S/C13H17N3O/c1-17-12-7-3-5-10(12)16-11-6-2-4-9(8-14)13(11)15/h2,4,6,10,12,16H,3,5,7,15H2,1H3. The molecule has 1 saturated carbocycles. The number of nitriles is 1. The van der Waals surface area contributed by atoms with Crippen molar-refractivity contribution in [2.75, 3.05) is 18.2 Å². The second-order valence-electron chi connectivity index (χ2n) is 4.33. The number of benzene rings is 1. The van der Waals surface area contributed by atoms with E-state index in [2.05, 4.69) is 11.4 Å². The van der Waals surface area contributed by atoms with E-state index in [1.807, 2.05) is 12.1 Å². The van der Waals surface area contributed by atoms with E-state index >= 15 is 0 Å². The fraction of sp³-hybridized carbons (Fsp3) is 0.462. The monoisotopic (exact) mass is 231 g/mol. The highest BCUT2D eigenvalue weighted by atomic mass is 16.5. The summed E-state index contributed by atoms with van der Waals surface area (Å²) in [5, 5.41) is 12.3. The van der Waals surface area contributed by atoms with Gasteiger partial charge in [-0.15, -0.1) is 0 Å². The van der Waals surface area contributed by atoms with Crippen molar-refractivity contribution in [3.8, 4) is 6.07 Å². The molecule has 1 aliphatic rings. The second kappa shape index (κ2) is 5.07. The lowest BCUT2D eigenvalue weighted by molar-refractivity contribution is 0.101. The molecule has 2 unspecified atom stereocenters. The van der Waals surface area contributed by atoms with E-state index in [1.165, 1.54) is 0 Å². The van der Waals surface area contributed by atoms with Gasteiger partial charge >= 0.3 is 0 Å². The Kier molecular flexibility index (Phi) is 3.50. The molecule has 0 radical (unpaired) electrons. The van der Waals surface area contributed by atoms with Crippen molar-refractivity contribution in [1.82, 2.24) is 0 Å². The minimum atomic E-state index is 0.236. The summed E-state index contributed by atoms with van der Waals surface area (Å²) in [6, 6.07) is 7.85. The van der Waals surface area contributed by atoms with Gasteiger partial charge in [0, 0.05) is 7.11 Å². The van der Waals surface area contributed by atoms with Crippen LogP contribution in [0.1, 0.15) is 24.8 Å². The van der Waals surface area contributed by atoms with Gasteiger partial charge in [-0.3, -0.25) is 0 Å². The van der Waals surface area contributed by atoms with Crippen LogP contribution in [0.2, 0.25) is 0 Å². The summed E-state index contributed by atoms with van der Waals surface area (Å²) in [4.78, 5) is 0. The van der Waals surface area contributed by atoms with Gasteiger partial charge < -0.3 is 15.8 Å². The van der Waals surface area contributed by atoms with E-state index in [4.69, 9.17) is 15.7 Å². The average Bonchev–Trinajstić information content (AvgIpc) is 2.79. The molecule has 0 bridgehead atoms. The highest BCUT2D eigenvalue weighted by molar-refractivity contribution is 5.73. The molecule has 1 aliphatic carbocycles. The Balaban J connectivity index is 2.16. The van der Waals surface area contributed by atoms with Crippen LogP contribution in [0, 0.1) is 11.3 Å². The molecule has 0 aliphatic heterocycles. The molecule has 2 rings (SSSR count). The van der Waals surface area contributed by atoms with Crippen molar-refractivity contribution in [2.24, 2.45) is 0 Å². The number of nitrogen functional groups attached to an aromatic ring is 1. The van der Waals surface area contributed by atoms with E-state index in [9.17, 15) is 0 Å². The fourth-order valence-corrected chi connectivity index (χ4v) is 2.36. The quantitative estimate of drug-likeness (QED) is 0.782. The van der Waals surface area contributed by atoms with Gasteiger partial charge in [-0.25, -0.2) is 0 Å². The van der Waals surface area contributed by atoms with Crippen LogP contribution < -0.4 is 11.1 Å². The van der Waals surface area contributed by atoms with E-state index in [0.717, 1.165) is 24.9 Å². The first-order valence-corrected chi connectivity index (χ1v) is 5.84. The van der Waals surface area contributed by atoms with Crippen molar-refractivity contribution >= 4 is 11.4 Å². The van der Waals surface area contributed by atoms with Crippen molar-refractivity contribution in [3.05, 3.63) is 23.8 Å². The van der Waals surface area contributed by atoms with Crippen LogP contribution in [0.3, 0.4) is 0 Å². The van der Waals surface area contributed by atoms with Crippen LogP contribution in [0.4, 0.5) is 11.4 Å². The molecule has 2 atom stereocenters. The molecule has 0 spiro atoms. The number of anilines is 2. The number of nitrogens with zero attached hydrogens (tertiary/aromatic N) is 1. The van der Waals surface area contributed by atoms with E-state index in [1.54, 1.807) is 13.2 Å². The summed E-state index contributed by atoms with van der Waals surface area (Å²) in [6.45, 7) is 0. The van der Waals surface area contributed by atoms with Crippen LogP contribution in [0.25, 0.3) is 0 Å². The van der Waals surface area contributed by atoms with Gasteiger partial charge in [-0.05, 0) is 31.4 Å². The first-order valence-electron chi connectivity index (χ1n) is 5.84. The van der Waals surface area contributed by atoms with E-state index in [-0.39, 0.29) is 12.1 Å². The lowest BCUT2D eigenvalue weighted by atomic mass is 10.1. The molecule has 4 nitrogen and oxygen atoms in total. The number of para-hydroxylation sites is 1. The molecule has 1 aromatic rings. The zero-order chi connectivity index (χ0) is 12.3. The number of nitrogens with two attached hydrogens (primary N) is 1. The number of hydrogen-bond acceptors (Lipinski definition) is 4. The van der Waals surface area contributed by atoms with Crippen LogP contribution in [-0.4, -0.2) is 19.3 Å². The normalized spacial score (nSPS) is 23.3. The van der Waals surface area contributed by atoms with Crippen molar-refractivity contribution in [1.29, 1.82) is 5.26 Å². The summed E-state index contributed by atoms with van der Waals surface area (Å²) in [7, 11) is 1.74. The van der Waals surface area contributed by atoms with Gasteiger partial charge in [0.15, 0.2) is 0 Å².